The second kappa shape index (κ2) is 13.6. The molecule has 3 heterocycles. The average Bonchev–Trinajstić information content (AvgIpc) is 3.59. The zero-order chi connectivity index (χ0) is 25.2. The zero-order valence-electron chi connectivity index (χ0n) is 22.3. The molecule has 36 heavy (non-hydrogen) atoms. The number of hydrogen-bond donors (Lipinski definition) is 2. The van der Waals surface area contributed by atoms with Crippen molar-refractivity contribution >= 4 is 5.95 Å². The summed E-state index contributed by atoms with van der Waals surface area (Å²) >= 11 is 0. The molecule has 0 saturated carbocycles. The Labute approximate surface area is 215 Å². The molecule has 0 radical (unpaired) electrons. The molecule has 198 valence electrons. The molecule has 3 aromatic heterocycles. The molecule has 0 amide bonds. The lowest BCUT2D eigenvalue weighted by Gasteiger charge is -2.30. The molecule has 0 fully saturated rings. The van der Waals surface area contributed by atoms with Crippen LogP contribution in [0.25, 0.3) is 0 Å². The molecule has 0 aliphatic heterocycles. The maximum Gasteiger partial charge on any atom is 0.197 e. The van der Waals surface area contributed by atoms with Crippen LogP contribution in [0.15, 0.2) is 12.4 Å². The van der Waals surface area contributed by atoms with Gasteiger partial charge in [-0.2, -0.15) is 0 Å². The quantitative estimate of drug-likeness (QED) is 0.272. The lowest BCUT2D eigenvalue weighted by Crippen LogP contribution is -2.32. The Morgan fingerprint density at radius 3 is 1.86 bits per heavy atom. The largest absolute Gasteiger partial charge is 0.369 e. The van der Waals surface area contributed by atoms with Crippen molar-refractivity contribution in [3.63, 3.8) is 0 Å². The first-order valence-electron chi connectivity index (χ1n) is 14.3. The van der Waals surface area contributed by atoms with Gasteiger partial charge >= 0.3 is 0 Å². The van der Waals surface area contributed by atoms with Gasteiger partial charge in [-0.25, -0.2) is 4.98 Å². The number of unbranched alkanes of at least 4 members (excludes halogenated alkanes) is 8. The van der Waals surface area contributed by atoms with Crippen LogP contribution in [0.5, 0.6) is 0 Å². The highest BCUT2D eigenvalue weighted by Gasteiger charge is 2.32. The number of fused-ring (bicyclic) bond motifs is 1. The summed E-state index contributed by atoms with van der Waals surface area (Å²) in [5, 5.41) is 17.8. The molecule has 3 N–H and O–H groups in total. The van der Waals surface area contributed by atoms with Crippen molar-refractivity contribution in [2.75, 3.05) is 5.73 Å². The molecule has 1 aliphatic rings. The molecule has 1 aliphatic carbocycles. The highest BCUT2D eigenvalue weighted by molar-refractivity contribution is 5.28. The number of nitrogen functional groups attached to an aromatic ring is 1. The van der Waals surface area contributed by atoms with Crippen molar-refractivity contribution < 1.29 is 0 Å². The first kappa shape index (κ1) is 26.4. The van der Waals surface area contributed by atoms with Gasteiger partial charge in [-0.15, -0.1) is 10.2 Å². The van der Waals surface area contributed by atoms with E-state index >= 15 is 0 Å². The molecule has 0 aromatic carbocycles. The van der Waals surface area contributed by atoms with Crippen LogP contribution in [0.4, 0.5) is 5.95 Å². The highest BCUT2D eigenvalue weighted by atomic mass is 15.4. The smallest absolute Gasteiger partial charge is 0.197 e. The third-order valence-electron chi connectivity index (χ3n) is 7.56. The standard InChI is InChI=1S/C27H45N9/c1-3-5-7-9-11-13-23-19-35(33-31-23)17-21-15-25-26(30-27(28)29-25)16-22(21)18-36-20-24(32-34-36)14-12-10-8-6-4-2/h19-22H,3-18H2,1-2H3,(H3,28,29,30)/t21-,22-/m0/s1. The van der Waals surface area contributed by atoms with Gasteiger partial charge in [0.05, 0.1) is 17.1 Å². The van der Waals surface area contributed by atoms with Gasteiger partial charge in [-0.3, -0.25) is 9.36 Å². The van der Waals surface area contributed by atoms with Crippen LogP contribution >= 0.6 is 0 Å². The first-order valence-corrected chi connectivity index (χ1v) is 14.3. The van der Waals surface area contributed by atoms with Crippen molar-refractivity contribution in [1.29, 1.82) is 0 Å². The normalized spacial score (nSPS) is 17.5. The van der Waals surface area contributed by atoms with Gasteiger partial charge in [0, 0.05) is 31.2 Å². The van der Waals surface area contributed by atoms with Gasteiger partial charge in [-0.05, 0) is 50.4 Å². The van der Waals surface area contributed by atoms with Crippen LogP contribution in [0, 0.1) is 11.8 Å². The van der Waals surface area contributed by atoms with Crippen molar-refractivity contribution in [2.45, 2.75) is 117 Å². The van der Waals surface area contributed by atoms with Gasteiger partial charge in [-0.1, -0.05) is 75.6 Å². The fourth-order valence-corrected chi connectivity index (χ4v) is 5.46. The molecule has 0 unspecified atom stereocenters. The Bertz CT molecular complexity index is 954. The minimum atomic E-state index is 0.390. The van der Waals surface area contributed by atoms with Gasteiger partial charge in [0.2, 0.25) is 0 Å². The molecule has 4 rings (SSSR count). The monoisotopic (exact) mass is 495 g/mol. The third-order valence-corrected chi connectivity index (χ3v) is 7.56. The third kappa shape index (κ3) is 7.64. The molecule has 9 nitrogen and oxygen atoms in total. The van der Waals surface area contributed by atoms with Crippen LogP contribution < -0.4 is 5.73 Å². The number of imidazole rings is 1. The number of rotatable bonds is 16. The van der Waals surface area contributed by atoms with Crippen LogP contribution in [0.2, 0.25) is 0 Å². The Balaban J connectivity index is 1.35. The molecule has 9 heteroatoms. The number of nitrogens with two attached hydrogens (primary N) is 1. The van der Waals surface area contributed by atoms with E-state index in [2.05, 4.69) is 56.8 Å². The molecular formula is C27H45N9. The maximum atomic E-state index is 5.99. The van der Waals surface area contributed by atoms with Crippen molar-refractivity contribution in [1.82, 2.24) is 40.0 Å². The first-order chi connectivity index (χ1) is 17.6. The van der Waals surface area contributed by atoms with E-state index in [1.54, 1.807) is 0 Å². The second-order valence-corrected chi connectivity index (χ2v) is 10.7. The Hall–Kier alpha value is -2.71. The summed E-state index contributed by atoms with van der Waals surface area (Å²) in [4.78, 5) is 7.83. The fourth-order valence-electron chi connectivity index (χ4n) is 5.46. The molecular weight excluding hydrogens is 450 g/mol. The molecule has 0 saturated heterocycles. The number of aromatic nitrogens is 8. The molecule has 0 spiro atoms. The van der Waals surface area contributed by atoms with Gasteiger partial charge < -0.3 is 10.7 Å². The summed E-state index contributed by atoms with van der Waals surface area (Å²) in [5.74, 6) is 1.30. The van der Waals surface area contributed by atoms with Gasteiger partial charge in [0.25, 0.3) is 0 Å². The highest BCUT2D eigenvalue weighted by Crippen LogP contribution is 2.32. The number of hydrogen-bond acceptors (Lipinski definition) is 6. The van der Waals surface area contributed by atoms with Crippen LogP contribution in [0.3, 0.4) is 0 Å². The molecule has 0 bridgehead atoms. The van der Waals surface area contributed by atoms with E-state index in [9.17, 15) is 0 Å². The van der Waals surface area contributed by atoms with E-state index in [1.165, 1.54) is 64.2 Å². The minimum absolute atomic E-state index is 0.390. The number of nitrogens with zero attached hydrogens (tertiary/aromatic N) is 7. The zero-order valence-corrected chi connectivity index (χ0v) is 22.3. The van der Waals surface area contributed by atoms with Gasteiger partial charge in [0.15, 0.2) is 5.95 Å². The maximum absolute atomic E-state index is 5.99. The van der Waals surface area contributed by atoms with Crippen LogP contribution in [-0.4, -0.2) is 40.0 Å². The van der Waals surface area contributed by atoms with E-state index in [-0.39, 0.29) is 0 Å². The van der Waals surface area contributed by atoms with E-state index in [1.807, 2.05) is 9.36 Å². The van der Waals surface area contributed by atoms with E-state index in [4.69, 9.17) is 5.73 Å². The fraction of sp³-hybridized carbons (Fsp3) is 0.741. The topological polar surface area (TPSA) is 116 Å². The predicted octanol–water partition coefficient (Wildman–Crippen LogP) is 4.93. The lowest BCUT2D eigenvalue weighted by atomic mass is 9.79. The summed E-state index contributed by atoms with van der Waals surface area (Å²) in [6.07, 6.45) is 20.8. The van der Waals surface area contributed by atoms with Crippen molar-refractivity contribution in [2.24, 2.45) is 11.8 Å². The SMILES string of the molecule is CCCCCCCc1cn(C[C@@H]2Cc3nc(N)[nH]c3C[C@H]2Cn2cc(CCCCCCC)nn2)nn1. The minimum Gasteiger partial charge on any atom is -0.369 e. The van der Waals surface area contributed by atoms with E-state index < -0.39 is 0 Å². The molecule has 3 aromatic rings. The number of H-pyrrole nitrogens is 1. The predicted molar refractivity (Wildman–Crippen MR) is 142 cm³/mol. The Morgan fingerprint density at radius 1 is 0.778 bits per heavy atom. The van der Waals surface area contributed by atoms with E-state index in [0.717, 1.165) is 61.5 Å². The number of nitrogens with one attached hydrogen (secondary N) is 1. The van der Waals surface area contributed by atoms with Crippen molar-refractivity contribution in [3.8, 4) is 0 Å². The van der Waals surface area contributed by atoms with Crippen molar-refractivity contribution in [3.05, 3.63) is 35.2 Å². The van der Waals surface area contributed by atoms with Gasteiger partial charge in [0.1, 0.15) is 0 Å². The van der Waals surface area contributed by atoms with E-state index in [0.29, 0.717) is 17.8 Å². The summed E-state index contributed by atoms with van der Waals surface area (Å²) in [6, 6.07) is 0. The summed E-state index contributed by atoms with van der Waals surface area (Å²) in [6.45, 7) is 6.17. The number of aryl methyl sites for hydroxylation is 2. The Morgan fingerprint density at radius 2 is 1.31 bits per heavy atom. The number of anilines is 1. The average molecular weight is 496 g/mol. The Kier molecular flexibility index (Phi) is 9.93. The summed E-state index contributed by atoms with van der Waals surface area (Å²) in [5.41, 5.74) is 10.5. The second-order valence-electron chi connectivity index (χ2n) is 10.7. The molecule has 2 atom stereocenters. The van der Waals surface area contributed by atoms with Crippen LogP contribution in [0.1, 0.15) is 101 Å². The summed E-state index contributed by atoms with van der Waals surface area (Å²) < 4.78 is 4.07. The summed E-state index contributed by atoms with van der Waals surface area (Å²) in [7, 11) is 0. The number of aromatic amines is 1. The lowest BCUT2D eigenvalue weighted by molar-refractivity contribution is 0.224. The van der Waals surface area contributed by atoms with Crippen LogP contribution in [-0.2, 0) is 38.8 Å².